The van der Waals surface area contributed by atoms with Crippen molar-refractivity contribution in [2.75, 3.05) is 0 Å². The molecule has 2 heteroatoms. The molecular formula is C14H20BrN. The molecule has 1 unspecified atom stereocenters. The molecule has 1 fully saturated rings. The zero-order valence-electron chi connectivity index (χ0n) is 9.66. The predicted octanol–water partition coefficient (Wildman–Crippen LogP) is 3.90. The lowest BCUT2D eigenvalue weighted by Crippen LogP contribution is -2.28. The maximum Gasteiger partial charge on any atom is 0.0177 e. The lowest BCUT2D eigenvalue weighted by molar-refractivity contribution is 0.410. The van der Waals surface area contributed by atoms with Gasteiger partial charge in [-0.15, -0.1) is 0 Å². The van der Waals surface area contributed by atoms with Gasteiger partial charge < -0.3 is 5.73 Å². The van der Waals surface area contributed by atoms with Crippen molar-refractivity contribution in [1.29, 1.82) is 0 Å². The molecule has 16 heavy (non-hydrogen) atoms. The summed E-state index contributed by atoms with van der Waals surface area (Å²) in [6.07, 6.45) is 7.70. The third kappa shape index (κ3) is 3.33. The second kappa shape index (κ2) is 5.83. The quantitative estimate of drug-likeness (QED) is 0.890. The molecule has 1 aliphatic rings. The third-order valence-electron chi connectivity index (χ3n) is 3.66. The van der Waals surface area contributed by atoms with Gasteiger partial charge in [0, 0.05) is 10.5 Å². The molecule has 2 N–H and O–H groups in total. The molecule has 0 aromatic heterocycles. The van der Waals surface area contributed by atoms with Gasteiger partial charge in [0.2, 0.25) is 0 Å². The zero-order chi connectivity index (χ0) is 11.4. The Balaban J connectivity index is 1.82. The van der Waals surface area contributed by atoms with Gasteiger partial charge in [-0.3, -0.25) is 0 Å². The lowest BCUT2D eigenvalue weighted by Gasteiger charge is -2.18. The summed E-state index contributed by atoms with van der Waals surface area (Å²) in [5.74, 6) is 0.784. The topological polar surface area (TPSA) is 26.0 Å². The molecule has 1 aromatic rings. The zero-order valence-corrected chi connectivity index (χ0v) is 11.2. The van der Waals surface area contributed by atoms with Crippen LogP contribution in [-0.4, -0.2) is 6.04 Å². The minimum atomic E-state index is 0.404. The van der Waals surface area contributed by atoms with Crippen LogP contribution in [0.5, 0.6) is 0 Å². The molecule has 0 radical (unpaired) electrons. The Morgan fingerprint density at radius 1 is 1.31 bits per heavy atom. The Morgan fingerprint density at radius 2 is 2.06 bits per heavy atom. The highest BCUT2D eigenvalue weighted by Gasteiger charge is 2.21. The summed E-state index contributed by atoms with van der Waals surface area (Å²) >= 11 is 3.50. The van der Waals surface area contributed by atoms with Gasteiger partial charge in [-0.2, -0.15) is 0 Å². The highest BCUT2D eigenvalue weighted by atomic mass is 79.9. The number of benzene rings is 1. The summed E-state index contributed by atoms with van der Waals surface area (Å²) in [5, 5.41) is 0. The van der Waals surface area contributed by atoms with Crippen LogP contribution < -0.4 is 5.73 Å². The van der Waals surface area contributed by atoms with E-state index in [1.54, 1.807) is 0 Å². The molecule has 88 valence electrons. The van der Waals surface area contributed by atoms with E-state index < -0.39 is 0 Å². The van der Waals surface area contributed by atoms with Crippen molar-refractivity contribution in [2.45, 2.75) is 44.6 Å². The van der Waals surface area contributed by atoms with Crippen molar-refractivity contribution >= 4 is 15.9 Å². The lowest BCUT2D eigenvalue weighted by atomic mass is 9.93. The first-order valence-corrected chi connectivity index (χ1v) is 7.05. The van der Waals surface area contributed by atoms with Crippen molar-refractivity contribution in [3.05, 3.63) is 34.3 Å². The third-order valence-corrected chi connectivity index (χ3v) is 4.15. The van der Waals surface area contributed by atoms with E-state index in [0.29, 0.717) is 6.04 Å². The Morgan fingerprint density at radius 3 is 2.75 bits per heavy atom. The van der Waals surface area contributed by atoms with E-state index in [1.807, 2.05) is 0 Å². The van der Waals surface area contributed by atoms with Gasteiger partial charge in [0.15, 0.2) is 0 Å². The van der Waals surface area contributed by atoms with E-state index in [2.05, 4.69) is 40.2 Å². The fourth-order valence-electron chi connectivity index (χ4n) is 2.65. The van der Waals surface area contributed by atoms with E-state index in [0.717, 1.165) is 18.8 Å². The van der Waals surface area contributed by atoms with E-state index in [1.165, 1.54) is 35.7 Å². The Labute approximate surface area is 107 Å². The summed E-state index contributed by atoms with van der Waals surface area (Å²) in [6, 6.07) is 8.95. The Hall–Kier alpha value is -0.340. The SMILES string of the molecule is NC(CCc1cccc(Br)c1)C1CCCC1. The number of hydrogen-bond donors (Lipinski definition) is 1. The molecule has 1 aromatic carbocycles. The molecule has 0 heterocycles. The van der Waals surface area contributed by atoms with Crippen LogP contribution in [0, 0.1) is 5.92 Å². The minimum Gasteiger partial charge on any atom is -0.327 e. The van der Waals surface area contributed by atoms with Gasteiger partial charge >= 0.3 is 0 Å². The van der Waals surface area contributed by atoms with Gasteiger partial charge in [0.1, 0.15) is 0 Å². The molecule has 1 atom stereocenters. The number of hydrogen-bond acceptors (Lipinski definition) is 1. The fourth-order valence-corrected chi connectivity index (χ4v) is 3.09. The molecule has 0 aliphatic heterocycles. The standard InChI is InChI=1S/C14H20BrN/c15-13-7-3-4-11(10-13)8-9-14(16)12-5-1-2-6-12/h3-4,7,10,12,14H,1-2,5-6,8-9,16H2. The average molecular weight is 282 g/mol. The molecule has 0 saturated heterocycles. The van der Waals surface area contributed by atoms with Crippen LogP contribution in [0.25, 0.3) is 0 Å². The molecular weight excluding hydrogens is 262 g/mol. The molecule has 1 saturated carbocycles. The predicted molar refractivity (Wildman–Crippen MR) is 72.4 cm³/mol. The van der Waals surface area contributed by atoms with Crippen LogP contribution in [0.2, 0.25) is 0 Å². The van der Waals surface area contributed by atoms with Gasteiger partial charge in [0.05, 0.1) is 0 Å². The molecule has 1 aliphatic carbocycles. The van der Waals surface area contributed by atoms with Crippen molar-refractivity contribution in [3.63, 3.8) is 0 Å². The summed E-state index contributed by atoms with van der Waals surface area (Å²) < 4.78 is 1.17. The second-order valence-electron chi connectivity index (χ2n) is 4.88. The van der Waals surface area contributed by atoms with Crippen LogP contribution in [0.15, 0.2) is 28.7 Å². The van der Waals surface area contributed by atoms with Crippen LogP contribution >= 0.6 is 15.9 Å². The summed E-state index contributed by atoms with van der Waals surface area (Å²) in [7, 11) is 0. The fraction of sp³-hybridized carbons (Fsp3) is 0.571. The number of aryl methyl sites for hydroxylation is 1. The summed E-state index contributed by atoms with van der Waals surface area (Å²) in [6.45, 7) is 0. The largest absolute Gasteiger partial charge is 0.327 e. The highest BCUT2D eigenvalue weighted by Crippen LogP contribution is 2.28. The molecule has 1 nitrogen and oxygen atoms in total. The van der Waals surface area contributed by atoms with Crippen LogP contribution in [0.1, 0.15) is 37.7 Å². The monoisotopic (exact) mass is 281 g/mol. The van der Waals surface area contributed by atoms with Gasteiger partial charge in [-0.05, 0) is 49.3 Å². The van der Waals surface area contributed by atoms with E-state index >= 15 is 0 Å². The second-order valence-corrected chi connectivity index (χ2v) is 5.79. The van der Waals surface area contributed by atoms with Gasteiger partial charge in [0.25, 0.3) is 0 Å². The molecule has 0 bridgehead atoms. The molecule has 0 amide bonds. The molecule has 2 rings (SSSR count). The Kier molecular flexibility index (Phi) is 4.42. The molecule has 0 spiro atoms. The number of rotatable bonds is 4. The Bertz CT molecular complexity index is 331. The van der Waals surface area contributed by atoms with E-state index in [-0.39, 0.29) is 0 Å². The van der Waals surface area contributed by atoms with Crippen molar-refractivity contribution in [3.8, 4) is 0 Å². The van der Waals surface area contributed by atoms with Crippen molar-refractivity contribution < 1.29 is 0 Å². The van der Waals surface area contributed by atoms with Crippen molar-refractivity contribution in [1.82, 2.24) is 0 Å². The van der Waals surface area contributed by atoms with Gasteiger partial charge in [-0.1, -0.05) is 40.9 Å². The maximum atomic E-state index is 6.25. The van der Waals surface area contributed by atoms with E-state index in [4.69, 9.17) is 5.73 Å². The summed E-state index contributed by atoms with van der Waals surface area (Å²) in [4.78, 5) is 0. The smallest absolute Gasteiger partial charge is 0.0177 e. The number of halogens is 1. The van der Waals surface area contributed by atoms with E-state index in [9.17, 15) is 0 Å². The van der Waals surface area contributed by atoms with Crippen LogP contribution in [-0.2, 0) is 6.42 Å². The van der Waals surface area contributed by atoms with Crippen LogP contribution in [0.3, 0.4) is 0 Å². The highest BCUT2D eigenvalue weighted by molar-refractivity contribution is 9.10. The summed E-state index contributed by atoms with van der Waals surface area (Å²) in [5.41, 5.74) is 7.64. The normalized spacial score (nSPS) is 18.9. The van der Waals surface area contributed by atoms with Gasteiger partial charge in [-0.25, -0.2) is 0 Å². The van der Waals surface area contributed by atoms with Crippen molar-refractivity contribution in [2.24, 2.45) is 11.7 Å². The first-order chi connectivity index (χ1) is 7.75. The maximum absolute atomic E-state index is 6.25. The first-order valence-electron chi connectivity index (χ1n) is 6.26. The average Bonchev–Trinajstić information content (AvgIpc) is 2.79. The first kappa shape index (κ1) is 12.1. The van der Waals surface area contributed by atoms with Crippen LogP contribution in [0.4, 0.5) is 0 Å². The minimum absolute atomic E-state index is 0.404. The number of nitrogens with two attached hydrogens (primary N) is 1.